The number of anilines is 1. The SMILES string of the molecule is Cc1c(N)nc(C(C)C)nc1Sc1ccccc1Br. The lowest BCUT2D eigenvalue weighted by molar-refractivity contribution is 0.751. The summed E-state index contributed by atoms with van der Waals surface area (Å²) < 4.78 is 1.06. The summed E-state index contributed by atoms with van der Waals surface area (Å²) in [6.07, 6.45) is 0. The molecule has 19 heavy (non-hydrogen) atoms. The molecule has 0 radical (unpaired) electrons. The molecule has 2 aromatic rings. The molecule has 0 fully saturated rings. The van der Waals surface area contributed by atoms with Crippen molar-refractivity contribution in [1.82, 2.24) is 9.97 Å². The van der Waals surface area contributed by atoms with E-state index in [-0.39, 0.29) is 5.92 Å². The Labute approximate surface area is 126 Å². The number of nitrogen functional groups attached to an aromatic ring is 1. The molecule has 0 amide bonds. The van der Waals surface area contributed by atoms with Gasteiger partial charge in [0.2, 0.25) is 0 Å². The van der Waals surface area contributed by atoms with Crippen LogP contribution in [0.5, 0.6) is 0 Å². The van der Waals surface area contributed by atoms with Crippen LogP contribution >= 0.6 is 27.7 Å². The molecule has 0 bridgehead atoms. The Morgan fingerprint density at radius 1 is 1.21 bits per heavy atom. The minimum absolute atomic E-state index is 0.265. The number of nitrogens with zero attached hydrogens (tertiary/aromatic N) is 2. The van der Waals surface area contributed by atoms with Crippen molar-refractivity contribution in [1.29, 1.82) is 0 Å². The van der Waals surface area contributed by atoms with Gasteiger partial charge in [-0.15, -0.1) is 0 Å². The second-order valence-electron chi connectivity index (χ2n) is 4.58. The molecule has 1 aromatic carbocycles. The van der Waals surface area contributed by atoms with E-state index in [1.807, 2.05) is 25.1 Å². The number of nitrogens with two attached hydrogens (primary N) is 1. The predicted octanol–water partition coefficient (Wildman–Crippen LogP) is 4.40. The van der Waals surface area contributed by atoms with Crippen LogP contribution in [0.15, 0.2) is 38.7 Å². The van der Waals surface area contributed by atoms with Gasteiger partial charge < -0.3 is 5.73 Å². The Morgan fingerprint density at radius 2 is 1.89 bits per heavy atom. The third-order valence-corrected chi connectivity index (χ3v) is 4.84. The van der Waals surface area contributed by atoms with Crippen molar-refractivity contribution >= 4 is 33.5 Å². The van der Waals surface area contributed by atoms with Crippen LogP contribution in [0.1, 0.15) is 31.2 Å². The van der Waals surface area contributed by atoms with Gasteiger partial charge in [0.1, 0.15) is 16.7 Å². The molecule has 0 aliphatic carbocycles. The fourth-order valence-electron chi connectivity index (χ4n) is 1.52. The number of hydrogen-bond acceptors (Lipinski definition) is 4. The van der Waals surface area contributed by atoms with Crippen molar-refractivity contribution in [2.24, 2.45) is 0 Å². The van der Waals surface area contributed by atoms with Crippen molar-refractivity contribution in [2.45, 2.75) is 36.6 Å². The van der Waals surface area contributed by atoms with Crippen molar-refractivity contribution in [2.75, 3.05) is 5.73 Å². The molecule has 1 aromatic heterocycles. The third kappa shape index (κ3) is 3.28. The van der Waals surface area contributed by atoms with Gasteiger partial charge in [0.25, 0.3) is 0 Å². The first-order valence-corrected chi connectivity index (χ1v) is 7.66. The number of benzene rings is 1. The number of hydrogen-bond donors (Lipinski definition) is 1. The largest absolute Gasteiger partial charge is 0.383 e. The minimum atomic E-state index is 0.265. The molecule has 0 saturated carbocycles. The molecule has 3 nitrogen and oxygen atoms in total. The van der Waals surface area contributed by atoms with E-state index in [0.29, 0.717) is 5.82 Å². The minimum Gasteiger partial charge on any atom is -0.383 e. The zero-order valence-electron chi connectivity index (χ0n) is 11.1. The molecule has 0 atom stereocenters. The van der Waals surface area contributed by atoms with E-state index in [2.05, 4.69) is 45.8 Å². The second kappa shape index (κ2) is 5.92. The smallest absolute Gasteiger partial charge is 0.134 e. The first-order valence-electron chi connectivity index (χ1n) is 6.05. The van der Waals surface area contributed by atoms with Crippen molar-refractivity contribution in [3.63, 3.8) is 0 Å². The van der Waals surface area contributed by atoms with E-state index in [1.165, 1.54) is 0 Å². The Bertz CT molecular complexity index is 599. The molecule has 0 unspecified atom stereocenters. The Morgan fingerprint density at radius 3 is 2.53 bits per heavy atom. The monoisotopic (exact) mass is 337 g/mol. The summed E-state index contributed by atoms with van der Waals surface area (Å²) in [6, 6.07) is 8.08. The predicted molar refractivity (Wildman–Crippen MR) is 83.5 cm³/mol. The highest BCUT2D eigenvalue weighted by molar-refractivity contribution is 9.10. The summed E-state index contributed by atoms with van der Waals surface area (Å²) in [5, 5.41) is 0.920. The van der Waals surface area contributed by atoms with Crippen molar-refractivity contribution in [3.05, 3.63) is 40.1 Å². The zero-order valence-corrected chi connectivity index (χ0v) is 13.5. The van der Waals surface area contributed by atoms with Crippen LogP contribution in [0.3, 0.4) is 0 Å². The van der Waals surface area contributed by atoms with Crippen LogP contribution in [-0.4, -0.2) is 9.97 Å². The lowest BCUT2D eigenvalue weighted by atomic mass is 10.2. The summed E-state index contributed by atoms with van der Waals surface area (Å²) >= 11 is 5.16. The number of halogens is 1. The fourth-order valence-corrected chi connectivity index (χ4v) is 2.96. The molecule has 0 aliphatic heterocycles. The maximum Gasteiger partial charge on any atom is 0.134 e. The van der Waals surface area contributed by atoms with Gasteiger partial charge in [-0.2, -0.15) is 0 Å². The number of rotatable bonds is 3. The van der Waals surface area contributed by atoms with E-state index >= 15 is 0 Å². The summed E-state index contributed by atoms with van der Waals surface area (Å²) in [4.78, 5) is 10.1. The highest BCUT2D eigenvalue weighted by Crippen LogP contribution is 2.35. The van der Waals surface area contributed by atoms with Crippen LogP contribution in [0.2, 0.25) is 0 Å². The summed E-state index contributed by atoms with van der Waals surface area (Å²) in [6.45, 7) is 6.09. The van der Waals surface area contributed by atoms with Crippen LogP contribution in [0, 0.1) is 6.92 Å². The van der Waals surface area contributed by atoms with E-state index in [9.17, 15) is 0 Å². The van der Waals surface area contributed by atoms with Gasteiger partial charge in [-0.1, -0.05) is 37.7 Å². The quantitative estimate of drug-likeness (QED) is 0.843. The van der Waals surface area contributed by atoms with Crippen LogP contribution in [0.4, 0.5) is 5.82 Å². The van der Waals surface area contributed by atoms with E-state index in [1.54, 1.807) is 11.8 Å². The van der Waals surface area contributed by atoms with Gasteiger partial charge in [0.05, 0.1) is 0 Å². The lowest BCUT2D eigenvalue weighted by Gasteiger charge is -2.12. The highest BCUT2D eigenvalue weighted by Gasteiger charge is 2.13. The Balaban J connectivity index is 2.42. The molecule has 0 aliphatic rings. The summed E-state index contributed by atoms with van der Waals surface area (Å²) in [7, 11) is 0. The summed E-state index contributed by atoms with van der Waals surface area (Å²) in [5.41, 5.74) is 6.91. The number of aromatic nitrogens is 2. The molecule has 1 heterocycles. The van der Waals surface area contributed by atoms with Crippen molar-refractivity contribution in [3.8, 4) is 0 Å². The van der Waals surface area contributed by atoms with Gasteiger partial charge in [-0.25, -0.2) is 9.97 Å². The first-order chi connectivity index (χ1) is 8.99. The Kier molecular flexibility index (Phi) is 4.47. The maximum atomic E-state index is 5.97. The normalized spacial score (nSPS) is 11.0. The van der Waals surface area contributed by atoms with E-state index in [4.69, 9.17) is 5.73 Å². The Hall–Kier alpha value is -1.07. The fraction of sp³-hybridized carbons (Fsp3) is 0.286. The zero-order chi connectivity index (χ0) is 14.0. The summed E-state index contributed by atoms with van der Waals surface area (Å²) in [5.74, 6) is 1.62. The van der Waals surface area contributed by atoms with Gasteiger partial charge in [0, 0.05) is 20.8 Å². The van der Waals surface area contributed by atoms with Gasteiger partial charge in [-0.05, 0) is 35.0 Å². The van der Waals surface area contributed by atoms with Crippen LogP contribution in [-0.2, 0) is 0 Å². The standard InChI is InChI=1S/C14H16BrN3S/c1-8(2)13-17-12(16)9(3)14(18-13)19-11-7-5-4-6-10(11)15/h4-8H,1-3H3,(H2,16,17,18). The van der Waals surface area contributed by atoms with E-state index in [0.717, 1.165) is 25.8 Å². The van der Waals surface area contributed by atoms with Crippen molar-refractivity contribution < 1.29 is 0 Å². The highest BCUT2D eigenvalue weighted by atomic mass is 79.9. The van der Waals surface area contributed by atoms with Crippen LogP contribution < -0.4 is 5.73 Å². The average Bonchev–Trinajstić information content (AvgIpc) is 2.37. The van der Waals surface area contributed by atoms with Gasteiger partial charge >= 0.3 is 0 Å². The van der Waals surface area contributed by atoms with Gasteiger partial charge in [0.15, 0.2) is 0 Å². The third-order valence-electron chi connectivity index (χ3n) is 2.72. The molecule has 0 spiro atoms. The molecular weight excluding hydrogens is 322 g/mol. The topological polar surface area (TPSA) is 51.8 Å². The molecule has 0 saturated heterocycles. The van der Waals surface area contributed by atoms with Gasteiger partial charge in [-0.3, -0.25) is 0 Å². The molecular formula is C14H16BrN3S. The molecule has 2 rings (SSSR count). The average molecular weight is 338 g/mol. The second-order valence-corrected chi connectivity index (χ2v) is 6.47. The molecule has 2 N–H and O–H groups in total. The molecule has 100 valence electrons. The lowest BCUT2D eigenvalue weighted by Crippen LogP contribution is -2.05. The molecule has 5 heteroatoms. The van der Waals surface area contributed by atoms with E-state index < -0.39 is 0 Å². The first kappa shape index (κ1) is 14.3. The van der Waals surface area contributed by atoms with Crippen LogP contribution in [0.25, 0.3) is 0 Å². The maximum absolute atomic E-state index is 5.97.